The molecule has 0 aromatic heterocycles. The molecule has 4 nitrogen and oxygen atoms in total. The van der Waals surface area contributed by atoms with Gasteiger partial charge in [0.05, 0.1) is 32.0 Å². The van der Waals surface area contributed by atoms with Crippen molar-refractivity contribution in [1.82, 2.24) is 9.80 Å². The maximum absolute atomic E-state index is 5.50. The van der Waals surface area contributed by atoms with Crippen LogP contribution in [0.15, 0.2) is 24.3 Å². The van der Waals surface area contributed by atoms with Gasteiger partial charge in [-0.25, -0.2) is 0 Å². The maximum atomic E-state index is 5.50. The molecule has 0 saturated carbocycles. The first-order valence-electron chi connectivity index (χ1n) is 11.4. The van der Waals surface area contributed by atoms with E-state index in [4.69, 9.17) is 9.47 Å². The highest BCUT2D eigenvalue weighted by Crippen LogP contribution is 2.47. The van der Waals surface area contributed by atoms with E-state index < -0.39 is 0 Å². The SMILES string of the molecule is COCCN1CN(CCOC)C(c2c(C)cc(C)cc2C)C1c1c(C)cc(C)cc1C. The van der Waals surface area contributed by atoms with Crippen molar-refractivity contribution >= 4 is 0 Å². The van der Waals surface area contributed by atoms with Gasteiger partial charge < -0.3 is 9.47 Å². The molecule has 0 aliphatic carbocycles. The molecule has 2 unspecified atom stereocenters. The van der Waals surface area contributed by atoms with Crippen molar-refractivity contribution in [3.05, 3.63) is 68.8 Å². The Labute approximate surface area is 189 Å². The van der Waals surface area contributed by atoms with E-state index in [0.29, 0.717) is 0 Å². The number of hydrogen-bond acceptors (Lipinski definition) is 4. The summed E-state index contributed by atoms with van der Waals surface area (Å²) in [5.41, 5.74) is 11.1. The fourth-order valence-corrected chi connectivity index (χ4v) is 5.64. The molecule has 0 N–H and O–H groups in total. The molecule has 31 heavy (non-hydrogen) atoms. The minimum absolute atomic E-state index is 0.285. The van der Waals surface area contributed by atoms with Gasteiger partial charge in [0.2, 0.25) is 0 Å². The van der Waals surface area contributed by atoms with Crippen LogP contribution in [0.2, 0.25) is 0 Å². The second-order valence-corrected chi connectivity index (χ2v) is 9.27. The Balaban J connectivity index is 2.20. The van der Waals surface area contributed by atoms with E-state index in [1.807, 2.05) is 0 Å². The summed E-state index contributed by atoms with van der Waals surface area (Å²) >= 11 is 0. The first-order chi connectivity index (χ1) is 14.8. The van der Waals surface area contributed by atoms with Gasteiger partial charge in [-0.3, -0.25) is 9.80 Å². The molecule has 4 heteroatoms. The van der Waals surface area contributed by atoms with Gasteiger partial charge in [0.15, 0.2) is 0 Å². The van der Waals surface area contributed by atoms with Crippen LogP contribution in [0.5, 0.6) is 0 Å². The van der Waals surface area contributed by atoms with E-state index in [-0.39, 0.29) is 12.1 Å². The van der Waals surface area contributed by atoms with E-state index in [2.05, 4.69) is 75.6 Å². The van der Waals surface area contributed by atoms with Crippen molar-refractivity contribution in [3.63, 3.8) is 0 Å². The largest absolute Gasteiger partial charge is 0.383 e. The van der Waals surface area contributed by atoms with E-state index >= 15 is 0 Å². The van der Waals surface area contributed by atoms with E-state index in [1.54, 1.807) is 14.2 Å². The standard InChI is InChI=1S/C27H40N2O2/c1-18-13-20(3)24(21(4)14-18)26-27(25-22(5)15-19(2)16-23(25)6)29(10-12-31-8)17-28(26)9-11-30-7/h13-16,26-27H,9-12,17H2,1-8H3. The number of methoxy groups -OCH3 is 2. The number of benzene rings is 2. The van der Waals surface area contributed by atoms with Crippen molar-refractivity contribution in [2.75, 3.05) is 47.2 Å². The fourth-order valence-electron chi connectivity index (χ4n) is 5.64. The van der Waals surface area contributed by atoms with Gasteiger partial charge in [-0.1, -0.05) is 35.4 Å². The number of hydrogen-bond donors (Lipinski definition) is 0. The number of nitrogens with zero attached hydrogens (tertiary/aromatic N) is 2. The molecule has 0 bridgehead atoms. The highest BCUT2D eigenvalue weighted by Gasteiger charge is 2.43. The third-order valence-electron chi connectivity index (χ3n) is 6.68. The summed E-state index contributed by atoms with van der Waals surface area (Å²) in [6.07, 6.45) is 0. The van der Waals surface area contributed by atoms with Crippen molar-refractivity contribution in [1.29, 1.82) is 0 Å². The first kappa shape index (κ1) is 23.9. The Hall–Kier alpha value is -1.72. The van der Waals surface area contributed by atoms with Gasteiger partial charge in [0.25, 0.3) is 0 Å². The van der Waals surface area contributed by atoms with E-state index in [1.165, 1.54) is 44.5 Å². The Morgan fingerprint density at radius 2 is 0.968 bits per heavy atom. The van der Waals surface area contributed by atoms with Crippen LogP contribution in [-0.2, 0) is 9.47 Å². The molecular formula is C27H40N2O2. The number of rotatable bonds is 8. The zero-order valence-corrected chi connectivity index (χ0v) is 20.7. The Morgan fingerprint density at radius 1 is 0.645 bits per heavy atom. The molecule has 1 aliphatic heterocycles. The normalized spacial score (nSPS) is 20.0. The lowest BCUT2D eigenvalue weighted by Crippen LogP contribution is -2.31. The van der Waals surface area contributed by atoms with Crippen LogP contribution >= 0.6 is 0 Å². The van der Waals surface area contributed by atoms with Gasteiger partial charge in [0, 0.05) is 27.3 Å². The van der Waals surface area contributed by atoms with Gasteiger partial charge in [-0.15, -0.1) is 0 Å². The van der Waals surface area contributed by atoms with Crippen LogP contribution in [0.4, 0.5) is 0 Å². The Kier molecular flexibility index (Phi) is 7.92. The molecule has 2 aromatic rings. The summed E-state index contributed by atoms with van der Waals surface area (Å²) < 4.78 is 11.0. The molecule has 1 saturated heterocycles. The van der Waals surface area contributed by atoms with E-state index in [0.717, 1.165) is 33.0 Å². The number of aryl methyl sites for hydroxylation is 6. The van der Waals surface area contributed by atoms with Crippen LogP contribution in [0.1, 0.15) is 56.6 Å². The Morgan fingerprint density at radius 3 is 1.26 bits per heavy atom. The van der Waals surface area contributed by atoms with Crippen LogP contribution in [0.3, 0.4) is 0 Å². The van der Waals surface area contributed by atoms with Crippen LogP contribution < -0.4 is 0 Å². The van der Waals surface area contributed by atoms with Gasteiger partial charge in [-0.05, 0) is 74.9 Å². The lowest BCUT2D eigenvalue weighted by molar-refractivity contribution is 0.119. The Bertz CT molecular complexity index is 789. The molecule has 3 rings (SSSR count). The second-order valence-electron chi connectivity index (χ2n) is 9.27. The lowest BCUT2D eigenvalue weighted by Gasteiger charge is -2.33. The van der Waals surface area contributed by atoms with Crippen molar-refractivity contribution in [2.24, 2.45) is 0 Å². The van der Waals surface area contributed by atoms with Crippen LogP contribution in [0.25, 0.3) is 0 Å². The fraction of sp³-hybridized carbons (Fsp3) is 0.556. The molecule has 1 fully saturated rings. The zero-order valence-electron chi connectivity index (χ0n) is 20.7. The van der Waals surface area contributed by atoms with Crippen LogP contribution in [0, 0.1) is 41.5 Å². The zero-order chi connectivity index (χ0) is 22.7. The monoisotopic (exact) mass is 424 g/mol. The average molecular weight is 425 g/mol. The topological polar surface area (TPSA) is 24.9 Å². The summed E-state index contributed by atoms with van der Waals surface area (Å²) in [6.45, 7) is 17.7. The predicted octanol–water partition coefficient (Wildman–Crippen LogP) is 5.19. The highest BCUT2D eigenvalue weighted by molar-refractivity contribution is 5.46. The lowest BCUT2D eigenvalue weighted by atomic mass is 9.83. The first-order valence-corrected chi connectivity index (χ1v) is 11.4. The molecule has 2 atom stereocenters. The molecule has 1 aliphatic rings. The molecule has 0 spiro atoms. The summed E-state index contributed by atoms with van der Waals surface area (Å²) in [5, 5.41) is 0. The second kappa shape index (κ2) is 10.3. The average Bonchev–Trinajstić information content (AvgIpc) is 3.01. The molecule has 170 valence electrons. The maximum Gasteiger partial charge on any atom is 0.0590 e. The molecule has 1 heterocycles. The third-order valence-corrected chi connectivity index (χ3v) is 6.68. The summed E-state index contributed by atoms with van der Waals surface area (Å²) in [6, 6.07) is 9.91. The van der Waals surface area contributed by atoms with Gasteiger partial charge >= 0.3 is 0 Å². The van der Waals surface area contributed by atoms with Gasteiger partial charge in [0.1, 0.15) is 0 Å². The molecule has 2 aromatic carbocycles. The minimum Gasteiger partial charge on any atom is -0.383 e. The van der Waals surface area contributed by atoms with Crippen LogP contribution in [-0.4, -0.2) is 57.0 Å². The summed E-state index contributed by atoms with van der Waals surface area (Å²) in [7, 11) is 3.59. The van der Waals surface area contributed by atoms with Crippen molar-refractivity contribution in [2.45, 2.75) is 53.6 Å². The number of ether oxygens (including phenoxy) is 2. The molecular weight excluding hydrogens is 384 g/mol. The van der Waals surface area contributed by atoms with E-state index in [9.17, 15) is 0 Å². The quantitative estimate of drug-likeness (QED) is 0.582. The predicted molar refractivity (Wildman–Crippen MR) is 129 cm³/mol. The van der Waals surface area contributed by atoms with Crippen molar-refractivity contribution < 1.29 is 9.47 Å². The summed E-state index contributed by atoms with van der Waals surface area (Å²) in [5.74, 6) is 0. The molecule has 0 radical (unpaired) electrons. The van der Waals surface area contributed by atoms with Crippen molar-refractivity contribution in [3.8, 4) is 0 Å². The summed E-state index contributed by atoms with van der Waals surface area (Å²) in [4.78, 5) is 5.21. The van der Waals surface area contributed by atoms with Gasteiger partial charge in [-0.2, -0.15) is 0 Å². The smallest absolute Gasteiger partial charge is 0.0590 e. The highest BCUT2D eigenvalue weighted by atomic mass is 16.5. The molecule has 0 amide bonds. The third kappa shape index (κ3) is 5.04. The minimum atomic E-state index is 0.285.